The van der Waals surface area contributed by atoms with Crippen LogP contribution in [0.5, 0.6) is 23.0 Å². The summed E-state index contributed by atoms with van der Waals surface area (Å²) in [6.07, 6.45) is 4.76. The van der Waals surface area contributed by atoms with Crippen LogP contribution in [0.3, 0.4) is 0 Å². The molecule has 0 radical (unpaired) electrons. The molecule has 8 nitrogen and oxygen atoms in total. The number of methoxy groups -OCH3 is 2. The van der Waals surface area contributed by atoms with Crippen molar-refractivity contribution in [1.82, 2.24) is 14.9 Å². The molecule has 6 rings (SSSR count). The van der Waals surface area contributed by atoms with Crippen LogP contribution in [0.2, 0.25) is 0 Å². The first kappa shape index (κ1) is 22.2. The van der Waals surface area contributed by atoms with E-state index in [0.29, 0.717) is 48.0 Å². The van der Waals surface area contributed by atoms with Gasteiger partial charge in [-0.1, -0.05) is 12.8 Å². The molecule has 1 spiro atoms. The van der Waals surface area contributed by atoms with Crippen LogP contribution in [0.15, 0.2) is 29.1 Å². The van der Waals surface area contributed by atoms with Gasteiger partial charge in [0.25, 0.3) is 5.56 Å². The molecule has 1 aromatic heterocycles. The number of hydrogen-bond acceptors (Lipinski definition) is 7. The van der Waals surface area contributed by atoms with Gasteiger partial charge >= 0.3 is 0 Å². The Morgan fingerprint density at radius 2 is 1.74 bits per heavy atom. The van der Waals surface area contributed by atoms with Gasteiger partial charge in [0.15, 0.2) is 23.0 Å². The van der Waals surface area contributed by atoms with Crippen molar-refractivity contribution < 1.29 is 18.9 Å². The molecule has 2 aromatic carbocycles. The average molecular weight is 478 g/mol. The molecule has 1 N–H and O–H groups in total. The molecule has 8 heteroatoms. The molecule has 184 valence electrons. The van der Waals surface area contributed by atoms with E-state index in [1.807, 2.05) is 0 Å². The second-order valence-corrected chi connectivity index (χ2v) is 9.89. The summed E-state index contributed by atoms with van der Waals surface area (Å²) in [6, 6.07) is 8.01. The summed E-state index contributed by atoms with van der Waals surface area (Å²) in [5, 5.41) is 0.486. The SMILES string of the molecule is COc1cc2nc(CN3CC4(CCCC4)c4cc5c(cc4C3C)OCCO5)[nH]c(=O)c2cc1OC. The smallest absolute Gasteiger partial charge is 0.258 e. The number of nitrogens with one attached hydrogen (secondary N) is 1. The molecule has 35 heavy (non-hydrogen) atoms. The molecular formula is C27H31N3O5. The Morgan fingerprint density at radius 3 is 2.46 bits per heavy atom. The zero-order valence-electron chi connectivity index (χ0n) is 20.5. The van der Waals surface area contributed by atoms with Crippen molar-refractivity contribution in [3.63, 3.8) is 0 Å². The minimum absolute atomic E-state index is 0.0887. The van der Waals surface area contributed by atoms with E-state index in [0.717, 1.165) is 30.9 Å². The summed E-state index contributed by atoms with van der Waals surface area (Å²) in [5.41, 5.74) is 3.20. The van der Waals surface area contributed by atoms with Gasteiger partial charge in [-0.2, -0.15) is 0 Å². The maximum absolute atomic E-state index is 13.0. The lowest BCUT2D eigenvalue weighted by molar-refractivity contribution is 0.122. The van der Waals surface area contributed by atoms with Crippen molar-refractivity contribution in [3.8, 4) is 23.0 Å². The van der Waals surface area contributed by atoms with E-state index in [4.69, 9.17) is 23.9 Å². The van der Waals surface area contributed by atoms with E-state index in [-0.39, 0.29) is 17.0 Å². The molecule has 3 aliphatic rings. The molecule has 1 fully saturated rings. The van der Waals surface area contributed by atoms with Crippen molar-refractivity contribution in [2.24, 2.45) is 0 Å². The van der Waals surface area contributed by atoms with Crippen LogP contribution < -0.4 is 24.5 Å². The zero-order valence-corrected chi connectivity index (χ0v) is 20.5. The molecule has 1 aliphatic carbocycles. The van der Waals surface area contributed by atoms with Gasteiger partial charge in [-0.25, -0.2) is 4.98 Å². The summed E-state index contributed by atoms with van der Waals surface area (Å²) in [6.45, 7) is 4.87. The van der Waals surface area contributed by atoms with E-state index in [1.165, 1.54) is 24.0 Å². The molecule has 0 amide bonds. The monoisotopic (exact) mass is 477 g/mol. The zero-order chi connectivity index (χ0) is 24.2. The molecule has 1 saturated carbocycles. The normalized spacial score (nSPS) is 20.7. The van der Waals surface area contributed by atoms with Crippen molar-refractivity contribution in [3.05, 3.63) is 51.6 Å². The second-order valence-electron chi connectivity index (χ2n) is 9.89. The minimum Gasteiger partial charge on any atom is -0.493 e. The van der Waals surface area contributed by atoms with Crippen LogP contribution in [-0.4, -0.2) is 48.8 Å². The molecule has 0 bridgehead atoms. The Morgan fingerprint density at radius 1 is 1.06 bits per heavy atom. The third kappa shape index (κ3) is 3.62. The molecule has 3 aromatic rings. The van der Waals surface area contributed by atoms with Crippen LogP contribution in [-0.2, 0) is 12.0 Å². The molecule has 2 aliphatic heterocycles. The highest BCUT2D eigenvalue weighted by Crippen LogP contribution is 2.52. The van der Waals surface area contributed by atoms with Crippen molar-refractivity contribution in [2.75, 3.05) is 34.0 Å². The number of nitrogens with zero attached hydrogens (tertiary/aromatic N) is 2. The quantitative estimate of drug-likeness (QED) is 0.605. The number of ether oxygens (including phenoxy) is 4. The summed E-state index contributed by atoms with van der Waals surface area (Å²) in [5.74, 6) is 3.41. The Kier molecular flexibility index (Phi) is 5.36. The van der Waals surface area contributed by atoms with Crippen LogP contribution in [0, 0.1) is 0 Å². The van der Waals surface area contributed by atoms with Gasteiger partial charge in [0.05, 0.1) is 31.7 Å². The van der Waals surface area contributed by atoms with Crippen LogP contribution in [0.1, 0.15) is 55.6 Å². The van der Waals surface area contributed by atoms with Gasteiger partial charge in [-0.3, -0.25) is 9.69 Å². The van der Waals surface area contributed by atoms with E-state index in [2.05, 4.69) is 28.9 Å². The fourth-order valence-corrected chi connectivity index (χ4v) is 6.17. The highest BCUT2D eigenvalue weighted by Gasteiger charge is 2.45. The lowest BCUT2D eigenvalue weighted by atomic mass is 9.71. The minimum atomic E-state index is -0.175. The van der Waals surface area contributed by atoms with Gasteiger partial charge in [0, 0.05) is 24.1 Å². The molecule has 3 heterocycles. The predicted molar refractivity (Wildman–Crippen MR) is 132 cm³/mol. The number of H-pyrrole nitrogens is 1. The van der Waals surface area contributed by atoms with Crippen molar-refractivity contribution in [2.45, 2.75) is 50.6 Å². The summed E-state index contributed by atoms with van der Waals surface area (Å²) >= 11 is 0. The van der Waals surface area contributed by atoms with Gasteiger partial charge in [0.2, 0.25) is 0 Å². The first-order valence-electron chi connectivity index (χ1n) is 12.3. The molecule has 0 saturated heterocycles. The van der Waals surface area contributed by atoms with Gasteiger partial charge < -0.3 is 23.9 Å². The van der Waals surface area contributed by atoms with Crippen molar-refractivity contribution >= 4 is 10.9 Å². The number of hydrogen-bond donors (Lipinski definition) is 1. The second kappa shape index (κ2) is 8.45. The fraction of sp³-hybridized carbons (Fsp3) is 0.481. The summed E-state index contributed by atoms with van der Waals surface area (Å²) < 4.78 is 22.6. The number of benzene rings is 2. The van der Waals surface area contributed by atoms with Crippen LogP contribution in [0.4, 0.5) is 0 Å². The predicted octanol–water partition coefficient (Wildman–Crippen LogP) is 4.10. The fourth-order valence-electron chi connectivity index (χ4n) is 6.17. The number of aromatic nitrogens is 2. The third-order valence-electron chi connectivity index (χ3n) is 7.96. The lowest BCUT2D eigenvalue weighted by Crippen LogP contribution is -2.46. The third-order valence-corrected chi connectivity index (χ3v) is 7.96. The number of rotatable bonds is 4. The average Bonchev–Trinajstić information content (AvgIpc) is 3.34. The highest BCUT2D eigenvalue weighted by molar-refractivity contribution is 5.81. The largest absolute Gasteiger partial charge is 0.493 e. The van der Waals surface area contributed by atoms with E-state index < -0.39 is 0 Å². The Balaban J connectivity index is 1.39. The Hall–Kier alpha value is -3.26. The summed E-state index contributed by atoms with van der Waals surface area (Å²) in [7, 11) is 3.14. The maximum atomic E-state index is 13.0. The van der Waals surface area contributed by atoms with Gasteiger partial charge in [0.1, 0.15) is 19.0 Å². The molecular weight excluding hydrogens is 446 g/mol. The van der Waals surface area contributed by atoms with Gasteiger partial charge in [-0.05, 0) is 49.1 Å². The molecule has 1 unspecified atom stereocenters. The van der Waals surface area contributed by atoms with Crippen LogP contribution >= 0.6 is 0 Å². The maximum Gasteiger partial charge on any atom is 0.258 e. The standard InChI is InChI=1S/C27H31N3O5/c1-16-17-10-23-24(35-9-8-34-23)12-19(17)27(6-4-5-7-27)15-30(16)14-25-28-20-13-22(33-3)21(32-2)11-18(20)26(31)29-25/h10-13,16H,4-9,14-15H2,1-3H3,(H,28,29,31). The molecule has 1 atom stereocenters. The number of fused-ring (bicyclic) bond motifs is 4. The Bertz CT molecular complexity index is 1340. The van der Waals surface area contributed by atoms with Crippen LogP contribution in [0.25, 0.3) is 10.9 Å². The van der Waals surface area contributed by atoms with Crippen molar-refractivity contribution in [1.29, 1.82) is 0 Å². The first-order valence-corrected chi connectivity index (χ1v) is 12.3. The summed E-state index contributed by atoms with van der Waals surface area (Å²) in [4.78, 5) is 23.2. The van der Waals surface area contributed by atoms with Gasteiger partial charge in [-0.15, -0.1) is 0 Å². The number of aromatic amines is 1. The van der Waals surface area contributed by atoms with E-state index >= 15 is 0 Å². The first-order chi connectivity index (χ1) is 17.0. The van der Waals surface area contributed by atoms with E-state index in [1.54, 1.807) is 26.4 Å². The highest BCUT2D eigenvalue weighted by atomic mass is 16.6. The Labute approximate surface area is 204 Å². The lowest BCUT2D eigenvalue weighted by Gasteiger charge is -2.46. The topological polar surface area (TPSA) is 85.9 Å². The van der Waals surface area contributed by atoms with E-state index in [9.17, 15) is 4.79 Å².